The fourth-order valence-electron chi connectivity index (χ4n) is 1.80. The van der Waals surface area contributed by atoms with Crippen molar-refractivity contribution in [3.8, 4) is 0 Å². The van der Waals surface area contributed by atoms with E-state index in [4.69, 9.17) is 16.3 Å². The van der Waals surface area contributed by atoms with Crippen molar-refractivity contribution >= 4 is 34.9 Å². The number of carbonyl (C=O) groups excluding carboxylic acids is 2. The molecule has 1 aromatic carbocycles. The van der Waals surface area contributed by atoms with Crippen molar-refractivity contribution in [3.05, 3.63) is 33.3 Å². The third kappa shape index (κ3) is 3.91. The van der Waals surface area contributed by atoms with E-state index in [-0.39, 0.29) is 28.3 Å². The summed E-state index contributed by atoms with van der Waals surface area (Å²) >= 11 is 5.83. The van der Waals surface area contributed by atoms with Gasteiger partial charge in [0.15, 0.2) is 6.61 Å². The van der Waals surface area contributed by atoms with Gasteiger partial charge in [0.2, 0.25) is 0 Å². The summed E-state index contributed by atoms with van der Waals surface area (Å²) in [4.78, 5) is 33.1. The van der Waals surface area contributed by atoms with Gasteiger partial charge >= 0.3 is 5.97 Å². The van der Waals surface area contributed by atoms with Gasteiger partial charge in [-0.25, -0.2) is 0 Å². The molecule has 7 nitrogen and oxygen atoms in total. The minimum Gasteiger partial charge on any atom is -0.455 e. The predicted molar refractivity (Wildman–Crippen MR) is 75.0 cm³/mol. The molecule has 1 fully saturated rings. The molecule has 0 aliphatic heterocycles. The molecule has 1 amide bonds. The molecule has 2 rings (SSSR count). The highest BCUT2D eigenvalue weighted by Crippen LogP contribution is 2.38. The Hall–Kier alpha value is -2.15. The second kappa shape index (κ2) is 6.09. The SMILES string of the molecule is C[C@@H]1C[C@@H]1C(=O)OCC(=O)Nc1ccc([N+](=O)[O-])cc1Cl. The van der Waals surface area contributed by atoms with Crippen LogP contribution in [0.3, 0.4) is 0 Å². The van der Waals surface area contributed by atoms with Gasteiger partial charge in [0.05, 0.1) is 21.6 Å². The number of hydrogen-bond donors (Lipinski definition) is 1. The summed E-state index contributed by atoms with van der Waals surface area (Å²) in [6.45, 7) is 1.53. The van der Waals surface area contributed by atoms with Crippen LogP contribution in [-0.4, -0.2) is 23.4 Å². The van der Waals surface area contributed by atoms with Crippen LogP contribution >= 0.6 is 11.6 Å². The van der Waals surface area contributed by atoms with E-state index in [1.54, 1.807) is 0 Å². The van der Waals surface area contributed by atoms with E-state index in [1.807, 2.05) is 6.92 Å². The van der Waals surface area contributed by atoms with Gasteiger partial charge in [0.1, 0.15) is 0 Å². The Balaban J connectivity index is 1.87. The van der Waals surface area contributed by atoms with Crippen molar-refractivity contribution in [2.45, 2.75) is 13.3 Å². The lowest BCUT2D eigenvalue weighted by atomic mass is 10.3. The molecule has 0 bridgehead atoms. The summed E-state index contributed by atoms with van der Waals surface area (Å²) in [7, 11) is 0. The summed E-state index contributed by atoms with van der Waals surface area (Å²) in [5.41, 5.74) is 0.0512. The number of amides is 1. The number of nitrogens with zero attached hydrogens (tertiary/aromatic N) is 1. The first-order valence-electron chi connectivity index (χ1n) is 6.29. The molecular weight excluding hydrogens is 300 g/mol. The molecule has 0 aromatic heterocycles. The molecule has 112 valence electrons. The number of nitro groups is 1. The summed E-state index contributed by atoms with van der Waals surface area (Å²) in [6, 6.07) is 3.68. The average Bonchev–Trinajstić information content (AvgIpc) is 3.15. The zero-order valence-electron chi connectivity index (χ0n) is 11.2. The minimum atomic E-state index is -0.587. The number of non-ortho nitro benzene ring substituents is 1. The molecule has 0 saturated heterocycles. The number of benzene rings is 1. The molecule has 1 saturated carbocycles. The number of ether oxygens (including phenoxy) is 1. The number of nitro benzene ring substituents is 1. The van der Waals surface area contributed by atoms with E-state index >= 15 is 0 Å². The van der Waals surface area contributed by atoms with E-state index in [1.165, 1.54) is 12.1 Å². The molecule has 21 heavy (non-hydrogen) atoms. The highest BCUT2D eigenvalue weighted by molar-refractivity contribution is 6.34. The van der Waals surface area contributed by atoms with Crippen molar-refractivity contribution in [2.24, 2.45) is 11.8 Å². The first kappa shape index (κ1) is 15.2. The largest absolute Gasteiger partial charge is 0.455 e. The van der Waals surface area contributed by atoms with Crippen LogP contribution in [-0.2, 0) is 14.3 Å². The quantitative estimate of drug-likeness (QED) is 0.511. The predicted octanol–water partition coefficient (Wildman–Crippen LogP) is 2.39. The Morgan fingerprint density at radius 3 is 2.71 bits per heavy atom. The Morgan fingerprint density at radius 1 is 1.52 bits per heavy atom. The number of rotatable bonds is 5. The number of esters is 1. The molecule has 0 heterocycles. The number of carbonyl (C=O) groups is 2. The van der Waals surface area contributed by atoms with Gasteiger partial charge in [0.25, 0.3) is 11.6 Å². The van der Waals surface area contributed by atoms with Gasteiger partial charge in [-0.3, -0.25) is 19.7 Å². The summed E-state index contributed by atoms with van der Waals surface area (Å²) < 4.78 is 4.87. The maximum atomic E-state index is 11.6. The zero-order valence-corrected chi connectivity index (χ0v) is 11.9. The fourth-order valence-corrected chi connectivity index (χ4v) is 2.02. The second-order valence-corrected chi connectivity index (χ2v) is 5.30. The minimum absolute atomic E-state index is 0.0414. The van der Waals surface area contributed by atoms with Crippen LogP contribution in [0.1, 0.15) is 13.3 Å². The molecule has 0 unspecified atom stereocenters. The fraction of sp³-hybridized carbons (Fsp3) is 0.385. The Labute approximate surface area is 125 Å². The Bertz CT molecular complexity index is 604. The van der Waals surface area contributed by atoms with Gasteiger partial charge in [-0.15, -0.1) is 0 Å². The van der Waals surface area contributed by atoms with Crippen LogP contribution < -0.4 is 5.32 Å². The van der Waals surface area contributed by atoms with Crippen LogP contribution in [0.5, 0.6) is 0 Å². The Kier molecular flexibility index (Phi) is 4.42. The van der Waals surface area contributed by atoms with Gasteiger partial charge in [-0.1, -0.05) is 18.5 Å². The number of anilines is 1. The summed E-state index contributed by atoms with van der Waals surface area (Å²) in [5, 5.41) is 13.0. The summed E-state index contributed by atoms with van der Waals surface area (Å²) in [6.07, 6.45) is 0.786. The number of hydrogen-bond acceptors (Lipinski definition) is 5. The third-order valence-corrected chi connectivity index (χ3v) is 3.51. The van der Waals surface area contributed by atoms with Crippen molar-refractivity contribution in [3.63, 3.8) is 0 Å². The topological polar surface area (TPSA) is 98.5 Å². The van der Waals surface area contributed by atoms with Crippen LogP contribution in [0.4, 0.5) is 11.4 Å². The normalized spacial score (nSPS) is 19.7. The van der Waals surface area contributed by atoms with Crippen LogP contribution in [0.25, 0.3) is 0 Å². The first-order chi connectivity index (χ1) is 9.88. The summed E-state index contributed by atoms with van der Waals surface area (Å²) in [5.74, 6) is -0.731. The standard InChI is InChI=1S/C13H13ClN2O5/c1-7-4-9(7)13(18)21-6-12(17)15-11-3-2-8(16(19)20)5-10(11)14/h2-3,5,7,9H,4,6H2,1H3,(H,15,17)/t7-,9+/m1/s1. The van der Waals surface area contributed by atoms with Crippen molar-refractivity contribution < 1.29 is 19.2 Å². The maximum absolute atomic E-state index is 11.6. The molecule has 1 N–H and O–H groups in total. The lowest BCUT2D eigenvalue weighted by Gasteiger charge is -2.07. The van der Waals surface area contributed by atoms with Crippen molar-refractivity contribution in [1.29, 1.82) is 0 Å². The van der Waals surface area contributed by atoms with Crippen LogP contribution in [0.2, 0.25) is 5.02 Å². The number of nitrogens with one attached hydrogen (secondary N) is 1. The van der Waals surface area contributed by atoms with Crippen molar-refractivity contribution in [2.75, 3.05) is 11.9 Å². The van der Waals surface area contributed by atoms with Gasteiger partial charge in [-0.2, -0.15) is 0 Å². The average molecular weight is 313 g/mol. The van der Waals surface area contributed by atoms with Gasteiger partial charge < -0.3 is 10.1 Å². The lowest BCUT2D eigenvalue weighted by molar-refractivity contribution is -0.384. The third-order valence-electron chi connectivity index (χ3n) is 3.20. The highest BCUT2D eigenvalue weighted by atomic mass is 35.5. The van der Waals surface area contributed by atoms with E-state index in [2.05, 4.69) is 5.32 Å². The molecule has 8 heteroatoms. The first-order valence-corrected chi connectivity index (χ1v) is 6.66. The Morgan fingerprint density at radius 2 is 2.19 bits per heavy atom. The van der Waals surface area contributed by atoms with Gasteiger partial charge in [0, 0.05) is 12.1 Å². The molecule has 1 aromatic rings. The van der Waals surface area contributed by atoms with Crippen LogP contribution in [0.15, 0.2) is 18.2 Å². The van der Waals surface area contributed by atoms with E-state index in [9.17, 15) is 19.7 Å². The smallest absolute Gasteiger partial charge is 0.309 e. The number of halogens is 1. The van der Waals surface area contributed by atoms with Crippen molar-refractivity contribution in [1.82, 2.24) is 0 Å². The molecule has 1 aliphatic carbocycles. The molecule has 0 radical (unpaired) electrons. The zero-order chi connectivity index (χ0) is 15.6. The van der Waals surface area contributed by atoms with E-state index in [0.29, 0.717) is 5.92 Å². The molecule has 1 aliphatic rings. The monoisotopic (exact) mass is 312 g/mol. The maximum Gasteiger partial charge on any atom is 0.309 e. The highest BCUT2D eigenvalue weighted by Gasteiger charge is 2.40. The van der Waals surface area contributed by atoms with E-state index < -0.39 is 17.4 Å². The van der Waals surface area contributed by atoms with Crippen LogP contribution in [0, 0.1) is 22.0 Å². The molecular formula is C13H13ClN2O5. The molecule has 0 spiro atoms. The lowest BCUT2D eigenvalue weighted by Crippen LogP contribution is -2.21. The van der Waals surface area contributed by atoms with Gasteiger partial charge in [-0.05, 0) is 18.4 Å². The molecule has 2 atom stereocenters. The second-order valence-electron chi connectivity index (χ2n) is 4.90. The van der Waals surface area contributed by atoms with E-state index in [0.717, 1.165) is 12.5 Å².